The zero-order valence-corrected chi connectivity index (χ0v) is 24.8. The molecule has 2 aromatic heterocycles. The molecule has 0 amide bonds. The summed E-state index contributed by atoms with van der Waals surface area (Å²) in [6.07, 6.45) is 21.9. The van der Waals surface area contributed by atoms with Crippen LogP contribution in [0.4, 0.5) is 0 Å². The highest BCUT2D eigenvalue weighted by Crippen LogP contribution is 2.35. The SMILES string of the molecule is CCCCCCc1ccc(/C=C/c2ccc(-c3ccc(/C=C/c4ccc(CCCCCC)cc4)s3)s2)cc1. The minimum Gasteiger partial charge on any atom is -0.135 e. The average molecular weight is 539 g/mol. The molecule has 0 radical (unpaired) electrons. The highest BCUT2D eigenvalue weighted by molar-refractivity contribution is 7.23. The first-order valence-corrected chi connectivity index (χ1v) is 16.1. The van der Waals surface area contributed by atoms with Gasteiger partial charge in [-0.3, -0.25) is 0 Å². The van der Waals surface area contributed by atoms with Crippen molar-refractivity contribution in [1.29, 1.82) is 0 Å². The molecule has 0 aliphatic carbocycles. The second-order valence-electron chi connectivity index (χ2n) is 10.2. The van der Waals surface area contributed by atoms with Gasteiger partial charge < -0.3 is 0 Å². The average Bonchev–Trinajstić information content (AvgIpc) is 3.62. The number of rotatable bonds is 15. The van der Waals surface area contributed by atoms with E-state index in [9.17, 15) is 0 Å². The molecule has 2 heteroatoms. The molecular formula is C36H42S2. The topological polar surface area (TPSA) is 0 Å². The molecule has 0 spiro atoms. The van der Waals surface area contributed by atoms with Gasteiger partial charge in [-0.2, -0.15) is 0 Å². The quantitative estimate of drug-likeness (QED) is 0.132. The van der Waals surface area contributed by atoms with Gasteiger partial charge in [0, 0.05) is 19.5 Å². The lowest BCUT2D eigenvalue weighted by molar-refractivity contribution is 0.667. The Labute approximate surface area is 238 Å². The number of benzene rings is 2. The molecule has 0 unspecified atom stereocenters. The van der Waals surface area contributed by atoms with Gasteiger partial charge in [0.1, 0.15) is 0 Å². The maximum Gasteiger partial charge on any atom is 0.0449 e. The van der Waals surface area contributed by atoms with Gasteiger partial charge in [0.2, 0.25) is 0 Å². The van der Waals surface area contributed by atoms with E-state index < -0.39 is 0 Å². The van der Waals surface area contributed by atoms with Gasteiger partial charge in [0.25, 0.3) is 0 Å². The van der Waals surface area contributed by atoms with Gasteiger partial charge in [-0.1, -0.05) is 113 Å². The van der Waals surface area contributed by atoms with Gasteiger partial charge in [-0.25, -0.2) is 0 Å². The van der Waals surface area contributed by atoms with E-state index in [0.717, 1.165) is 0 Å². The molecule has 4 rings (SSSR count). The summed E-state index contributed by atoms with van der Waals surface area (Å²) in [5.41, 5.74) is 5.44. The van der Waals surface area contributed by atoms with E-state index in [0.29, 0.717) is 0 Å². The van der Waals surface area contributed by atoms with Crippen molar-refractivity contribution in [2.24, 2.45) is 0 Å². The van der Waals surface area contributed by atoms with Crippen molar-refractivity contribution < 1.29 is 0 Å². The fraction of sp³-hybridized carbons (Fsp3) is 0.333. The van der Waals surface area contributed by atoms with Crippen LogP contribution in [0.25, 0.3) is 34.1 Å². The Hall–Kier alpha value is -2.68. The van der Waals surface area contributed by atoms with Gasteiger partial charge >= 0.3 is 0 Å². The molecule has 2 heterocycles. The third-order valence-corrected chi connectivity index (χ3v) is 9.27. The van der Waals surface area contributed by atoms with Gasteiger partial charge in [0.05, 0.1) is 0 Å². The summed E-state index contributed by atoms with van der Waals surface area (Å²) in [5.74, 6) is 0. The summed E-state index contributed by atoms with van der Waals surface area (Å²) in [5, 5.41) is 0. The Morgan fingerprint density at radius 2 is 0.868 bits per heavy atom. The van der Waals surface area contributed by atoms with Crippen molar-refractivity contribution >= 4 is 47.0 Å². The summed E-state index contributed by atoms with van der Waals surface area (Å²) in [6.45, 7) is 4.54. The molecule has 0 N–H and O–H groups in total. The summed E-state index contributed by atoms with van der Waals surface area (Å²) < 4.78 is 0. The number of unbranched alkanes of at least 4 members (excludes halogenated alkanes) is 6. The fourth-order valence-electron chi connectivity index (χ4n) is 4.61. The normalized spacial score (nSPS) is 11.7. The number of hydrogen-bond donors (Lipinski definition) is 0. The fourth-order valence-corrected chi connectivity index (χ4v) is 6.52. The van der Waals surface area contributed by atoms with Crippen molar-refractivity contribution in [3.63, 3.8) is 0 Å². The highest BCUT2D eigenvalue weighted by atomic mass is 32.1. The van der Waals surface area contributed by atoms with E-state index in [1.54, 1.807) is 0 Å². The van der Waals surface area contributed by atoms with Crippen LogP contribution in [0.15, 0.2) is 72.8 Å². The van der Waals surface area contributed by atoms with E-state index in [1.165, 1.54) is 106 Å². The highest BCUT2D eigenvalue weighted by Gasteiger charge is 2.05. The molecule has 0 saturated heterocycles. The van der Waals surface area contributed by atoms with E-state index in [1.807, 2.05) is 22.7 Å². The molecule has 38 heavy (non-hydrogen) atoms. The Morgan fingerprint density at radius 1 is 0.447 bits per heavy atom. The number of hydrogen-bond acceptors (Lipinski definition) is 2. The molecule has 0 saturated carbocycles. The van der Waals surface area contributed by atoms with Crippen molar-refractivity contribution in [2.45, 2.75) is 78.1 Å². The minimum absolute atomic E-state index is 1.20. The first-order chi connectivity index (χ1) is 18.7. The predicted octanol–water partition coefficient (Wildman–Crippen LogP) is 12.1. The lowest BCUT2D eigenvalue weighted by atomic mass is 10.0. The Kier molecular flexibility index (Phi) is 11.7. The summed E-state index contributed by atoms with van der Waals surface area (Å²) in [7, 11) is 0. The summed E-state index contributed by atoms with van der Waals surface area (Å²) >= 11 is 3.72. The molecule has 198 valence electrons. The van der Waals surface area contributed by atoms with Crippen LogP contribution in [-0.2, 0) is 12.8 Å². The molecular weight excluding hydrogens is 497 g/mol. The number of thiophene rings is 2. The molecule has 2 aromatic carbocycles. The van der Waals surface area contributed by atoms with Gasteiger partial charge in [-0.05, 0) is 84.4 Å². The zero-order valence-electron chi connectivity index (χ0n) is 23.1. The molecule has 0 fully saturated rings. The van der Waals surface area contributed by atoms with Crippen LogP contribution >= 0.6 is 22.7 Å². The van der Waals surface area contributed by atoms with E-state index in [4.69, 9.17) is 0 Å². The van der Waals surface area contributed by atoms with Gasteiger partial charge in [-0.15, -0.1) is 22.7 Å². The molecule has 0 atom stereocenters. The minimum atomic E-state index is 1.20. The number of aryl methyl sites for hydroxylation is 2. The van der Waals surface area contributed by atoms with Crippen LogP contribution in [0.1, 0.15) is 97.2 Å². The van der Waals surface area contributed by atoms with E-state index in [-0.39, 0.29) is 0 Å². The Bertz CT molecular complexity index is 1160. The molecule has 0 aliphatic rings. The van der Waals surface area contributed by atoms with Gasteiger partial charge in [0.15, 0.2) is 0 Å². The first kappa shape index (κ1) is 28.3. The van der Waals surface area contributed by atoms with E-state index in [2.05, 4.69) is 111 Å². The Morgan fingerprint density at radius 3 is 1.26 bits per heavy atom. The molecule has 0 bridgehead atoms. The van der Waals surface area contributed by atoms with Crippen molar-refractivity contribution in [2.75, 3.05) is 0 Å². The van der Waals surface area contributed by atoms with Crippen LogP contribution in [0, 0.1) is 0 Å². The predicted molar refractivity (Wildman–Crippen MR) is 174 cm³/mol. The molecule has 0 aliphatic heterocycles. The second-order valence-corrected chi connectivity index (χ2v) is 12.4. The molecule has 0 nitrogen and oxygen atoms in total. The summed E-state index contributed by atoms with van der Waals surface area (Å²) in [4.78, 5) is 5.26. The third-order valence-electron chi connectivity index (χ3n) is 6.97. The van der Waals surface area contributed by atoms with Crippen molar-refractivity contribution in [3.8, 4) is 9.75 Å². The summed E-state index contributed by atoms with van der Waals surface area (Å²) in [6, 6.07) is 27.1. The maximum atomic E-state index is 2.29. The van der Waals surface area contributed by atoms with Crippen LogP contribution < -0.4 is 0 Å². The monoisotopic (exact) mass is 538 g/mol. The largest absolute Gasteiger partial charge is 0.135 e. The van der Waals surface area contributed by atoms with Crippen LogP contribution in [0.2, 0.25) is 0 Å². The maximum absolute atomic E-state index is 2.29. The van der Waals surface area contributed by atoms with E-state index >= 15 is 0 Å². The van der Waals surface area contributed by atoms with Crippen LogP contribution in [0.3, 0.4) is 0 Å². The van der Waals surface area contributed by atoms with Crippen LogP contribution in [-0.4, -0.2) is 0 Å². The Balaban J connectivity index is 1.28. The second kappa shape index (κ2) is 15.7. The zero-order chi connectivity index (χ0) is 26.4. The van der Waals surface area contributed by atoms with Crippen LogP contribution in [0.5, 0.6) is 0 Å². The lowest BCUT2D eigenvalue weighted by Gasteiger charge is -2.02. The first-order valence-electron chi connectivity index (χ1n) is 14.5. The van der Waals surface area contributed by atoms with Crippen molar-refractivity contribution in [3.05, 3.63) is 105 Å². The standard InChI is InChI=1S/C36H42S2/c1-3-5-7-9-11-29-13-17-31(18-14-29)21-23-33-25-27-35(37-33)36-28-26-34(38-36)24-22-32-19-15-30(16-20-32)12-10-8-6-4-2/h13-28H,3-12H2,1-2H3/b23-21+,24-22+. The lowest BCUT2D eigenvalue weighted by Crippen LogP contribution is -1.85. The molecule has 4 aromatic rings. The third kappa shape index (κ3) is 9.26. The van der Waals surface area contributed by atoms with Crippen molar-refractivity contribution in [1.82, 2.24) is 0 Å². The smallest absolute Gasteiger partial charge is 0.0449 e.